The first kappa shape index (κ1) is 7.59. The summed E-state index contributed by atoms with van der Waals surface area (Å²) in [6, 6.07) is 4.87. The molecule has 0 atom stereocenters. The second-order valence-electron chi connectivity index (χ2n) is 1.67. The molecule has 0 saturated heterocycles. The summed E-state index contributed by atoms with van der Waals surface area (Å²) >= 11 is 0. The quantitative estimate of drug-likeness (QED) is 0.500. The van der Waals surface area contributed by atoms with Crippen molar-refractivity contribution in [1.82, 2.24) is 15.2 Å². The van der Waals surface area contributed by atoms with Crippen LogP contribution in [0.4, 0.5) is 0 Å². The number of hydrogen-bond donors (Lipinski definition) is 0. The van der Waals surface area contributed by atoms with Gasteiger partial charge in [-0.25, -0.2) is 4.98 Å². The Hall–Kier alpha value is -2.52. The van der Waals surface area contributed by atoms with Crippen LogP contribution >= 0.6 is 0 Å². The van der Waals surface area contributed by atoms with Crippen molar-refractivity contribution in [2.24, 2.45) is 0 Å². The summed E-state index contributed by atoms with van der Waals surface area (Å²) in [5, 5.41) is 31.7. The van der Waals surface area contributed by atoms with Gasteiger partial charge in [0.2, 0.25) is 0 Å². The third-order valence-electron chi connectivity index (χ3n) is 0.999. The van der Waals surface area contributed by atoms with Gasteiger partial charge >= 0.3 is 0 Å². The van der Waals surface area contributed by atoms with Gasteiger partial charge in [0, 0.05) is 0 Å². The molecule has 1 aromatic rings. The van der Waals surface area contributed by atoms with E-state index in [-0.39, 0.29) is 17.2 Å². The normalized spacial score (nSPS) is 7.75. The molecule has 6 heteroatoms. The molecule has 54 valence electrons. The Morgan fingerprint density at radius 3 is 2.00 bits per heavy atom. The Balaban J connectivity index is 3.37. The van der Waals surface area contributed by atoms with Crippen molar-refractivity contribution in [2.75, 3.05) is 0 Å². The van der Waals surface area contributed by atoms with Crippen LogP contribution in [0, 0.1) is 34.0 Å². The predicted octanol–water partition coefficient (Wildman–Crippen LogP) is -0.513. The second kappa shape index (κ2) is 3.05. The number of hydrogen-bond acceptors (Lipinski definition) is 6. The zero-order valence-electron chi connectivity index (χ0n) is 5.68. The molecule has 12 heavy (non-hydrogen) atoms. The molecular formula is C6N6. The fraction of sp³-hybridized carbons (Fsp3) is 0. The number of rotatable bonds is 0. The van der Waals surface area contributed by atoms with Gasteiger partial charge in [-0.15, -0.1) is 10.2 Å². The Morgan fingerprint density at radius 2 is 1.50 bits per heavy atom. The first-order valence-electron chi connectivity index (χ1n) is 2.77. The molecule has 0 spiro atoms. The molecule has 0 aliphatic rings. The van der Waals surface area contributed by atoms with E-state index in [2.05, 4.69) is 15.2 Å². The number of aromatic nitrogens is 3. The zero-order valence-corrected chi connectivity index (χ0v) is 5.68. The summed E-state index contributed by atoms with van der Waals surface area (Å²) in [7, 11) is 0. The van der Waals surface area contributed by atoms with Crippen molar-refractivity contribution in [2.45, 2.75) is 0 Å². The Morgan fingerprint density at radius 1 is 0.833 bits per heavy atom. The van der Waals surface area contributed by atoms with Gasteiger partial charge in [-0.3, -0.25) is 0 Å². The molecule has 0 aromatic carbocycles. The van der Waals surface area contributed by atoms with Crippen molar-refractivity contribution in [1.29, 1.82) is 15.8 Å². The molecule has 0 unspecified atom stereocenters. The van der Waals surface area contributed by atoms with Crippen LogP contribution in [0.5, 0.6) is 0 Å². The second-order valence-corrected chi connectivity index (χ2v) is 1.67. The van der Waals surface area contributed by atoms with Crippen LogP contribution in [0.1, 0.15) is 17.2 Å². The summed E-state index contributed by atoms with van der Waals surface area (Å²) in [5.74, 6) is -0.217. The van der Waals surface area contributed by atoms with E-state index >= 15 is 0 Å². The van der Waals surface area contributed by atoms with Gasteiger partial charge in [-0.1, -0.05) is 0 Å². The van der Waals surface area contributed by atoms with E-state index in [9.17, 15) is 0 Å². The van der Waals surface area contributed by atoms with Crippen molar-refractivity contribution in [3.63, 3.8) is 0 Å². The van der Waals surface area contributed by atoms with Crippen molar-refractivity contribution < 1.29 is 0 Å². The fourth-order valence-electron chi connectivity index (χ4n) is 0.527. The van der Waals surface area contributed by atoms with E-state index in [0.717, 1.165) is 0 Å². The van der Waals surface area contributed by atoms with Gasteiger partial charge in [0.1, 0.15) is 18.2 Å². The highest BCUT2D eigenvalue weighted by atomic mass is 15.2. The van der Waals surface area contributed by atoms with Crippen LogP contribution in [0.15, 0.2) is 0 Å². The highest BCUT2D eigenvalue weighted by Gasteiger charge is 2.06. The summed E-state index contributed by atoms with van der Waals surface area (Å²) in [5.41, 5.74) is -0.347. The third kappa shape index (κ3) is 1.16. The molecule has 0 fully saturated rings. The lowest BCUT2D eigenvalue weighted by atomic mass is 10.3. The van der Waals surface area contributed by atoms with Crippen LogP contribution in [-0.2, 0) is 0 Å². The first-order chi connectivity index (χ1) is 5.81. The van der Waals surface area contributed by atoms with E-state index in [4.69, 9.17) is 15.8 Å². The topological polar surface area (TPSA) is 110 Å². The maximum absolute atomic E-state index is 8.43. The maximum atomic E-state index is 8.43. The maximum Gasteiger partial charge on any atom is 0.254 e. The van der Waals surface area contributed by atoms with Gasteiger partial charge in [0.15, 0.2) is 11.4 Å². The lowest BCUT2D eigenvalue weighted by Gasteiger charge is -1.88. The lowest BCUT2D eigenvalue weighted by Crippen LogP contribution is -2.00. The molecular weight excluding hydrogens is 156 g/mol. The van der Waals surface area contributed by atoms with Gasteiger partial charge in [-0.2, -0.15) is 15.8 Å². The molecule has 1 heterocycles. The van der Waals surface area contributed by atoms with Crippen LogP contribution in [0.25, 0.3) is 0 Å². The highest BCUT2D eigenvalue weighted by Crippen LogP contribution is 1.97. The number of nitriles is 3. The highest BCUT2D eigenvalue weighted by molar-refractivity contribution is 5.34. The third-order valence-corrected chi connectivity index (χ3v) is 0.999. The van der Waals surface area contributed by atoms with E-state index in [0.29, 0.717) is 0 Å². The monoisotopic (exact) mass is 156 g/mol. The molecule has 0 aliphatic heterocycles. The van der Waals surface area contributed by atoms with Gasteiger partial charge in [0.05, 0.1) is 0 Å². The average Bonchev–Trinajstić information content (AvgIpc) is 2.16. The Bertz CT molecular complexity index is 429. The minimum absolute atomic E-state index is 0.170. The minimum atomic E-state index is -0.217. The van der Waals surface area contributed by atoms with Gasteiger partial charge in [-0.05, 0) is 0 Å². The van der Waals surface area contributed by atoms with E-state index < -0.39 is 0 Å². The molecule has 0 aliphatic carbocycles. The van der Waals surface area contributed by atoms with Crippen LogP contribution in [-0.4, -0.2) is 15.2 Å². The summed E-state index contributed by atoms with van der Waals surface area (Å²) in [6.45, 7) is 0. The van der Waals surface area contributed by atoms with Crippen LogP contribution in [0.2, 0.25) is 0 Å². The molecule has 0 radical (unpaired) electrons. The largest absolute Gasteiger partial charge is 0.254 e. The van der Waals surface area contributed by atoms with Crippen LogP contribution < -0.4 is 0 Å². The summed E-state index contributed by atoms with van der Waals surface area (Å²) in [4.78, 5) is 3.46. The van der Waals surface area contributed by atoms with Crippen molar-refractivity contribution >= 4 is 0 Å². The first-order valence-corrected chi connectivity index (χ1v) is 2.77. The SMILES string of the molecule is N#Cc1nnc(C#N)c(C#N)n1. The van der Waals surface area contributed by atoms with Crippen molar-refractivity contribution in [3.05, 3.63) is 17.2 Å². The fourth-order valence-corrected chi connectivity index (χ4v) is 0.527. The van der Waals surface area contributed by atoms with E-state index in [1.54, 1.807) is 18.2 Å². The number of nitrogens with zero attached hydrogens (tertiary/aromatic N) is 6. The molecule has 6 nitrogen and oxygen atoms in total. The van der Waals surface area contributed by atoms with Crippen molar-refractivity contribution in [3.8, 4) is 18.2 Å². The minimum Gasteiger partial charge on any atom is -0.203 e. The smallest absolute Gasteiger partial charge is 0.203 e. The summed E-state index contributed by atoms with van der Waals surface area (Å²) in [6.07, 6.45) is 0. The molecule has 0 N–H and O–H groups in total. The Kier molecular flexibility index (Phi) is 1.93. The Labute approximate surface area is 67.3 Å². The van der Waals surface area contributed by atoms with Gasteiger partial charge in [0.25, 0.3) is 5.82 Å². The van der Waals surface area contributed by atoms with E-state index in [1.165, 1.54) is 0 Å². The predicted molar refractivity (Wildman–Crippen MR) is 34.0 cm³/mol. The van der Waals surface area contributed by atoms with Gasteiger partial charge < -0.3 is 0 Å². The zero-order chi connectivity index (χ0) is 8.97. The standard InChI is InChI=1S/C6N6/c7-1-4-5(2-8)11-12-6(3-9)10-4. The lowest BCUT2D eigenvalue weighted by molar-refractivity contribution is 0.914. The summed E-state index contributed by atoms with van der Waals surface area (Å²) < 4.78 is 0. The molecule has 1 rings (SSSR count). The van der Waals surface area contributed by atoms with E-state index in [1.807, 2.05) is 0 Å². The average molecular weight is 156 g/mol. The molecule has 0 bridgehead atoms. The molecule has 0 amide bonds. The molecule has 0 saturated carbocycles. The molecule has 1 aromatic heterocycles. The van der Waals surface area contributed by atoms with Crippen LogP contribution in [0.3, 0.4) is 0 Å².